The molecule has 0 aliphatic rings. The summed E-state index contributed by atoms with van der Waals surface area (Å²) >= 11 is 0. The zero-order valence-electron chi connectivity index (χ0n) is 14.6. The molecule has 9 heteroatoms. The zero-order valence-corrected chi connectivity index (χ0v) is 14.6. The molecule has 25 heavy (non-hydrogen) atoms. The van der Waals surface area contributed by atoms with E-state index in [0.717, 1.165) is 18.5 Å². The van der Waals surface area contributed by atoms with Gasteiger partial charge >= 0.3 is 5.69 Å². The first kappa shape index (κ1) is 18.4. The van der Waals surface area contributed by atoms with Gasteiger partial charge in [-0.1, -0.05) is 12.1 Å². The predicted octanol–water partition coefficient (Wildman–Crippen LogP) is 2.38. The van der Waals surface area contributed by atoms with Crippen molar-refractivity contribution in [1.82, 2.24) is 14.9 Å². The molecule has 1 aromatic carbocycles. The van der Waals surface area contributed by atoms with E-state index in [9.17, 15) is 10.1 Å². The number of nitrogen functional groups attached to an aromatic ring is 1. The number of rotatable bonds is 8. The maximum absolute atomic E-state index is 11.3. The maximum Gasteiger partial charge on any atom is 0.353 e. The van der Waals surface area contributed by atoms with Gasteiger partial charge in [0.1, 0.15) is 0 Å². The van der Waals surface area contributed by atoms with Crippen LogP contribution in [0.2, 0.25) is 0 Å². The van der Waals surface area contributed by atoms with Gasteiger partial charge in [0.15, 0.2) is 0 Å². The van der Waals surface area contributed by atoms with Crippen LogP contribution in [-0.4, -0.2) is 47.0 Å². The Hall–Kier alpha value is -2.94. The molecule has 0 fully saturated rings. The van der Waals surface area contributed by atoms with Gasteiger partial charge in [-0.25, -0.2) is 0 Å². The number of nitrogens with zero attached hydrogens (tertiary/aromatic N) is 4. The summed E-state index contributed by atoms with van der Waals surface area (Å²) in [6.45, 7) is 3.48. The first-order chi connectivity index (χ1) is 11.9. The maximum atomic E-state index is 11.3. The first-order valence-corrected chi connectivity index (χ1v) is 7.91. The molecule has 0 saturated heterocycles. The monoisotopic (exact) mass is 345 g/mol. The topological polar surface area (TPSA) is 122 Å². The first-order valence-electron chi connectivity index (χ1n) is 7.91. The molecule has 1 heterocycles. The molecular formula is C16H23N7O2. The summed E-state index contributed by atoms with van der Waals surface area (Å²) in [5, 5.41) is 17.3. The Morgan fingerprint density at radius 3 is 2.72 bits per heavy atom. The lowest BCUT2D eigenvalue weighted by Crippen LogP contribution is -2.17. The molecule has 1 aromatic heterocycles. The number of aryl methyl sites for hydroxylation is 1. The van der Waals surface area contributed by atoms with Crippen molar-refractivity contribution in [3.05, 3.63) is 39.9 Å². The van der Waals surface area contributed by atoms with Gasteiger partial charge in [-0.3, -0.25) is 10.1 Å². The van der Waals surface area contributed by atoms with Crippen LogP contribution in [0.15, 0.2) is 24.3 Å². The largest absolute Gasteiger partial charge is 0.378 e. The van der Waals surface area contributed by atoms with Crippen LogP contribution in [0.4, 0.5) is 29.0 Å². The van der Waals surface area contributed by atoms with Gasteiger partial charge in [0, 0.05) is 12.2 Å². The van der Waals surface area contributed by atoms with Gasteiger partial charge < -0.3 is 21.3 Å². The molecule has 134 valence electrons. The predicted molar refractivity (Wildman–Crippen MR) is 99.2 cm³/mol. The summed E-state index contributed by atoms with van der Waals surface area (Å²) in [5.74, 6) is 0.153. The Kier molecular flexibility index (Phi) is 6.07. The van der Waals surface area contributed by atoms with Crippen molar-refractivity contribution < 1.29 is 4.92 Å². The van der Waals surface area contributed by atoms with Crippen LogP contribution in [0.1, 0.15) is 12.0 Å². The van der Waals surface area contributed by atoms with Crippen LogP contribution in [0.5, 0.6) is 0 Å². The lowest BCUT2D eigenvalue weighted by Gasteiger charge is -2.12. The third kappa shape index (κ3) is 5.28. The van der Waals surface area contributed by atoms with Crippen molar-refractivity contribution in [2.24, 2.45) is 0 Å². The van der Waals surface area contributed by atoms with E-state index in [4.69, 9.17) is 5.73 Å². The molecule has 0 spiro atoms. The minimum atomic E-state index is -0.580. The van der Waals surface area contributed by atoms with Gasteiger partial charge in [0.05, 0.1) is 4.92 Å². The third-order valence-electron chi connectivity index (χ3n) is 3.44. The number of nitrogens with one attached hydrogen (secondary N) is 2. The molecule has 0 amide bonds. The van der Waals surface area contributed by atoms with Crippen molar-refractivity contribution in [1.29, 1.82) is 0 Å². The van der Waals surface area contributed by atoms with E-state index >= 15 is 0 Å². The molecule has 0 aliphatic carbocycles. The fraction of sp³-hybridized carbons (Fsp3) is 0.375. The average Bonchev–Trinajstić information content (AvgIpc) is 2.50. The molecule has 0 atom stereocenters. The second-order valence-electron chi connectivity index (χ2n) is 5.96. The lowest BCUT2D eigenvalue weighted by atomic mass is 10.2. The summed E-state index contributed by atoms with van der Waals surface area (Å²) in [6, 6.07) is 7.46. The highest BCUT2D eigenvalue weighted by molar-refractivity contribution is 5.74. The van der Waals surface area contributed by atoms with Gasteiger partial charge in [0.25, 0.3) is 0 Å². The molecule has 0 saturated carbocycles. The van der Waals surface area contributed by atoms with Crippen LogP contribution in [0.3, 0.4) is 0 Å². The molecule has 0 aliphatic heterocycles. The quantitative estimate of drug-likeness (QED) is 0.379. The van der Waals surface area contributed by atoms with Crippen molar-refractivity contribution in [3.63, 3.8) is 0 Å². The van der Waals surface area contributed by atoms with E-state index in [1.165, 1.54) is 0 Å². The lowest BCUT2D eigenvalue weighted by molar-refractivity contribution is -0.383. The Morgan fingerprint density at radius 2 is 2.08 bits per heavy atom. The molecule has 4 N–H and O–H groups in total. The number of benzene rings is 1. The van der Waals surface area contributed by atoms with Crippen molar-refractivity contribution in [3.8, 4) is 0 Å². The normalized spacial score (nSPS) is 10.7. The zero-order chi connectivity index (χ0) is 18.4. The Bertz CT molecular complexity index is 749. The number of nitrogens with two attached hydrogens (primary N) is 1. The minimum absolute atomic E-state index is 0.0678. The van der Waals surface area contributed by atoms with E-state index in [1.807, 2.05) is 39.2 Å². The molecule has 9 nitrogen and oxygen atoms in total. The van der Waals surface area contributed by atoms with Crippen LogP contribution in [0.25, 0.3) is 0 Å². The molecule has 0 bridgehead atoms. The van der Waals surface area contributed by atoms with Gasteiger partial charge in [-0.05, 0) is 51.7 Å². The summed E-state index contributed by atoms with van der Waals surface area (Å²) in [5.41, 5.74) is 7.16. The third-order valence-corrected chi connectivity index (χ3v) is 3.44. The highest BCUT2D eigenvalue weighted by Crippen LogP contribution is 2.31. The molecule has 0 radical (unpaired) electrons. The van der Waals surface area contributed by atoms with Crippen molar-refractivity contribution in [2.45, 2.75) is 13.3 Å². The number of aromatic nitrogens is 2. The van der Waals surface area contributed by atoms with E-state index in [-0.39, 0.29) is 23.3 Å². The molecule has 0 unspecified atom stereocenters. The second-order valence-corrected chi connectivity index (χ2v) is 5.96. The van der Waals surface area contributed by atoms with Crippen LogP contribution >= 0.6 is 0 Å². The average molecular weight is 345 g/mol. The van der Waals surface area contributed by atoms with Gasteiger partial charge in [-0.15, -0.1) is 0 Å². The van der Waals surface area contributed by atoms with Crippen LogP contribution < -0.4 is 16.4 Å². The smallest absolute Gasteiger partial charge is 0.353 e. The summed E-state index contributed by atoms with van der Waals surface area (Å²) in [6.07, 6.45) is 0.883. The molecule has 2 rings (SSSR count). The minimum Gasteiger partial charge on any atom is -0.378 e. The summed E-state index contributed by atoms with van der Waals surface area (Å²) in [7, 11) is 3.98. The Labute approximate surface area is 146 Å². The van der Waals surface area contributed by atoms with Crippen LogP contribution in [-0.2, 0) is 0 Å². The van der Waals surface area contributed by atoms with E-state index in [2.05, 4.69) is 25.5 Å². The summed E-state index contributed by atoms with van der Waals surface area (Å²) < 4.78 is 0. The van der Waals surface area contributed by atoms with Gasteiger partial charge in [0.2, 0.25) is 17.6 Å². The highest BCUT2D eigenvalue weighted by atomic mass is 16.6. The van der Waals surface area contributed by atoms with Crippen LogP contribution in [0, 0.1) is 17.0 Å². The van der Waals surface area contributed by atoms with E-state index in [1.54, 1.807) is 6.07 Å². The Morgan fingerprint density at radius 1 is 1.32 bits per heavy atom. The Balaban J connectivity index is 2.23. The summed E-state index contributed by atoms with van der Waals surface area (Å²) in [4.78, 5) is 21.0. The number of hydrogen-bond acceptors (Lipinski definition) is 8. The SMILES string of the molecule is Cc1cccc(Nc2nc(NCCCN(C)C)nc(N)c2[N+](=O)[O-])c1. The molecule has 2 aromatic rings. The van der Waals surface area contributed by atoms with E-state index in [0.29, 0.717) is 12.2 Å². The number of hydrogen-bond donors (Lipinski definition) is 3. The van der Waals surface area contributed by atoms with E-state index < -0.39 is 4.92 Å². The highest BCUT2D eigenvalue weighted by Gasteiger charge is 2.23. The number of nitro groups is 1. The standard InChI is InChI=1S/C16H23N7O2/c1-11-6-4-7-12(10-11)19-15-13(23(24)25)14(17)20-16(21-15)18-8-5-9-22(2)3/h4,6-7,10H,5,8-9H2,1-3H3,(H4,17,18,19,20,21). The van der Waals surface area contributed by atoms with Crippen molar-refractivity contribution >= 4 is 29.0 Å². The second kappa shape index (κ2) is 8.25. The fourth-order valence-electron chi connectivity index (χ4n) is 2.27. The fourth-order valence-corrected chi connectivity index (χ4v) is 2.27. The van der Waals surface area contributed by atoms with Crippen molar-refractivity contribution in [2.75, 3.05) is 43.6 Å². The molecular weight excluding hydrogens is 322 g/mol. The number of anilines is 4. The van der Waals surface area contributed by atoms with Gasteiger partial charge in [-0.2, -0.15) is 9.97 Å².